The Labute approximate surface area is 121 Å². The highest BCUT2D eigenvalue weighted by molar-refractivity contribution is 9.09. The fourth-order valence-electron chi connectivity index (χ4n) is 2.07. The van der Waals surface area contributed by atoms with E-state index in [9.17, 15) is 10.2 Å². The van der Waals surface area contributed by atoms with Crippen LogP contribution in [0.15, 0.2) is 0 Å². The monoisotopic (exact) mass is 322 g/mol. The molecular formula is C15H31BrO2. The molecule has 110 valence electrons. The summed E-state index contributed by atoms with van der Waals surface area (Å²) in [6, 6.07) is 0. The highest BCUT2D eigenvalue weighted by atomic mass is 79.9. The van der Waals surface area contributed by atoms with Gasteiger partial charge in [0, 0.05) is 6.42 Å². The Morgan fingerprint density at radius 1 is 0.833 bits per heavy atom. The van der Waals surface area contributed by atoms with Crippen molar-refractivity contribution >= 4 is 15.9 Å². The quantitative estimate of drug-likeness (QED) is 0.309. The zero-order chi connectivity index (χ0) is 13.9. The first-order valence-corrected chi connectivity index (χ1v) is 8.51. The Hall–Kier alpha value is 0.400. The van der Waals surface area contributed by atoms with E-state index in [0.29, 0.717) is 6.42 Å². The molecule has 0 amide bonds. The third kappa shape index (κ3) is 10.3. The fraction of sp³-hybridized carbons (Fsp3) is 1.00. The van der Waals surface area contributed by atoms with Crippen LogP contribution in [0.5, 0.6) is 0 Å². The standard InChI is InChI=1S/C15H31BrO2/c1-3-4-5-6-7-8-9-10-11-12-13-15(17,18)14(2)16/h14,17-18H,3-13H2,1-2H3. The molecule has 2 nitrogen and oxygen atoms in total. The summed E-state index contributed by atoms with van der Waals surface area (Å²) in [6.07, 6.45) is 13.1. The maximum Gasteiger partial charge on any atom is 0.175 e. The molecule has 0 bridgehead atoms. The van der Waals surface area contributed by atoms with E-state index in [2.05, 4.69) is 22.9 Å². The summed E-state index contributed by atoms with van der Waals surface area (Å²) in [5.41, 5.74) is 0. The van der Waals surface area contributed by atoms with Crippen molar-refractivity contribution in [3.63, 3.8) is 0 Å². The first-order valence-electron chi connectivity index (χ1n) is 7.59. The second-order valence-electron chi connectivity index (χ2n) is 5.43. The molecule has 0 heterocycles. The van der Waals surface area contributed by atoms with Gasteiger partial charge in [0.1, 0.15) is 0 Å². The van der Waals surface area contributed by atoms with Gasteiger partial charge in [0.2, 0.25) is 0 Å². The van der Waals surface area contributed by atoms with Gasteiger partial charge in [-0.25, -0.2) is 0 Å². The topological polar surface area (TPSA) is 40.5 Å². The lowest BCUT2D eigenvalue weighted by atomic mass is 10.0. The Bertz CT molecular complexity index is 181. The van der Waals surface area contributed by atoms with Crippen LogP contribution in [-0.2, 0) is 0 Å². The van der Waals surface area contributed by atoms with E-state index in [1.165, 1.54) is 51.4 Å². The maximum absolute atomic E-state index is 9.62. The lowest BCUT2D eigenvalue weighted by Gasteiger charge is -2.24. The van der Waals surface area contributed by atoms with Crippen molar-refractivity contribution in [2.45, 2.75) is 95.1 Å². The normalized spacial score (nSPS) is 13.8. The average Bonchev–Trinajstić information content (AvgIpc) is 2.31. The van der Waals surface area contributed by atoms with Crippen LogP contribution in [0.25, 0.3) is 0 Å². The average molecular weight is 323 g/mol. The number of aliphatic hydroxyl groups is 2. The van der Waals surface area contributed by atoms with Crippen LogP contribution in [0.4, 0.5) is 0 Å². The van der Waals surface area contributed by atoms with Crippen LogP contribution in [0.3, 0.4) is 0 Å². The number of unbranched alkanes of at least 4 members (excludes halogenated alkanes) is 9. The van der Waals surface area contributed by atoms with Crippen LogP contribution in [0, 0.1) is 0 Å². The summed E-state index contributed by atoms with van der Waals surface area (Å²) < 4.78 is 0. The molecule has 0 rings (SSSR count). The van der Waals surface area contributed by atoms with Crippen molar-refractivity contribution in [1.82, 2.24) is 0 Å². The molecule has 3 heteroatoms. The van der Waals surface area contributed by atoms with Gasteiger partial charge in [-0.3, -0.25) is 0 Å². The van der Waals surface area contributed by atoms with Gasteiger partial charge in [-0.05, 0) is 13.3 Å². The molecule has 0 saturated heterocycles. The second kappa shape index (κ2) is 11.2. The molecule has 0 aromatic carbocycles. The molecule has 0 aliphatic carbocycles. The fourth-order valence-corrected chi connectivity index (χ4v) is 2.30. The highest BCUT2D eigenvalue weighted by Crippen LogP contribution is 2.22. The van der Waals surface area contributed by atoms with Gasteiger partial charge in [-0.15, -0.1) is 0 Å². The lowest BCUT2D eigenvalue weighted by molar-refractivity contribution is -0.161. The molecule has 0 radical (unpaired) electrons. The largest absolute Gasteiger partial charge is 0.365 e. The SMILES string of the molecule is CCCCCCCCCCCCC(O)(O)C(C)Br. The molecule has 1 unspecified atom stereocenters. The van der Waals surface area contributed by atoms with Gasteiger partial charge in [0.25, 0.3) is 0 Å². The van der Waals surface area contributed by atoms with E-state index < -0.39 is 5.79 Å². The van der Waals surface area contributed by atoms with Gasteiger partial charge >= 0.3 is 0 Å². The molecule has 0 aromatic heterocycles. The van der Waals surface area contributed by atoms with Crippen LogP contribution in [0.2, 0.25) is 0 Å². The molecule has 0 aliphatic heterocycles. The zero-order valence-electron chi connectivity index (χ0n) is 12.1. The van der Waals surface area contributed by atoms with Crippen molar-refractivity contribution in [1.29, 1.82) is 0 Å². The van der Waals surface area contributed by atoms with Crippen LogP contribution >= 0.6 is 15.9 Å². The summed E-state index contributed by atoms with van der Waals surface area (Å²) in [7, 11) is 0. The first kappa shape index (κ1) is 18.4. The Kier molecular flexibility index (Phi) is 11.5. The van der Waals surface area contributed by atoms with Crippen molar-refractivity contribution in [3.8, 4) is 0 Å². The smallest absolute Gasteiger partial charge is 0.175 e. The van der Waals surface area contributed by atoms with Gasteiger partial charge in [-0.1, -0.05) is 80.6 Å². The number of halogens is 1. The lowest BCUT2D eigenvalue weighted by Crippen LogP contribution is -2.36. The Morgan fingerprint density at radius 3 is 1.61 bits per heavy atom. The van der Waals surface area contributed by atoms with E-state index in [0.717, 1.165) is 12.8 Å². The van der Waals surface area contributed by atoms with Crippen molar-refractivity contribution in [3.05, 3.63) is 0 Å². The number of hydrogen-bond donors (Lipinski definition) is 2. The zero-order valence-corrected chi connectivity index (χ0v) is 13.7. The molecule has 18 heavy (non-hydrogen) atoms. The number of alkyl halides is 1. The molecule has 0 fully saturated rings. The van der Waals surface area contributed by atoms with Crippen LogP contribution < -0.4 is 0 Å². The Morgan fingerprint density at radius 2 is 1.22 bits per heavy atom. The number of hydrogen-bond acceptors (Lipinski definition) is 2. The predicted molar refractivity (Wildman–Crippen MR) is 82.0 cm³/mol. The van der Waals surface area contributed by atoms with Crippen molar-refractivity contribution in [2.24, 2.45) is 0 Å². The van der Waals surface area contributed by atoms with Crippen molar-refractivity contribution < 1.29 is 10.2 Å². The first-order chi connectivity index (χ1) is 8.50. The summed E-state index contributed by atoms with van der Waals surface area (Å²) >= 11 is 3.22. The van der Waals surface area contributed by atoms with Crippen LogP contribution in [0.1, 0.15) is 84.5 Å². The van der Waals surface area contributed by atoms with E-state index in [1.54, 1.807) is 6.92 Å². The molecule has 0 aliphatic rings. The van der Waals surface area contributed by atoms with E-state index in [-0.39, 0.29) is 4.83 Å². The van der Waals surface area contributed by atoms with E-state index >= 15 is 0 Å². The summed E-state index contributed by atoms with van der Waals surface area (Å²) in [5, 5.41) is 19.2. The predicted octanol–water partition coefficient (Wildman–Crippen LogP) is 4.76. The van der Waals surface area contributed by atoms with Crippen molar-refractivity contribution in [2.75, 3.05) is 0 Å². The summed E-state index contributed by atoms with van der Waals surface area (Å²) in [4.78, 5) is -0.261. The highest BCUT2D eigenvalue weighted by Gasteiger charge is 2.27. The van der Waals surface area contributed by atoms with Gasteiger partial charge in [0.15, 0.2) is 5.79 Å². The Balaban J connectivity index is 3.21. The summed E-state index contributed by atoms with van der Waals surface area (Å²) in [5.74, 6) is -1.54. The van der Waals surface area contributed by atoms with Gasteiger partial charge < -0.3 is 10.2 Å². The summed E-state index contributed by atoms with van der Waals surface area (Å²) in [6.45, 7) is 4.02. The molecule has 0 spiro atoms. The number of rotatable bonds is 12. The molecule has 0 aromatic rings. The molecular weight excluding hydrogens is 292 g/mol. The third-order valence-corrected chi connectivity index (χ3v) is 4.27. The van der Waals surface area contributed by atoms with E-state index in [4.69, 9.17) is 0 Å². The minimum Gasteiger partial charge on any atom is -0.365 e. The molecule has 0 saturated carbocycles. The molecule has 2 N–H and O–H groups in total. The van der Waals surface area contributed by atoms with Gasteiger partial charge in [-0.2, -0.15) is 0 Å². The van der Waals surface area contributed by atoms with Gasteiger partial charge in [0.05, 0.1) is 4.83 Å². The molecule has 1 atom stereocenters. The third-order valence-electron chi connectivity index (χ3n) is 3.54. The second-order valence-corrected chi connectivity index (χ2v) is 6.80. The minimum absolute atomic E-state index is 0.261. The van der Waals surface area contributed by atoms with E-state index in [1.807, 2.05) is 0 Å². The minimum atomic E-state index is -1.54. The van der Waals surface area contributed by atoms with Crippen LogP contribution in [-0.4, -0.2) is 20.8 Å². The maximum atomic E-state index is 9.62.